The highest BCUT2D eigenvalue weighted by Gasteiger charge is 2.40. The number of thiazole rings is 1. The molecule has 17 heavy (non-hydrogen) atoms. The lowest BCUT2D eigenvalue weighted by Crippen LogP contribution is -2.12. The molecule has 0 unspecified atom stereocenters. The number of carbonyl (C=O) groups is 1. The number of esters is 1. The van der Waals surface area contributed by atoms with Gasteiger partial charge in [0.05, 0.1) is 7.11 Å². The quantitative estimate of drug-likeness (QED) is 0.672. The molecule has 1 rings (SSSR count). The number of nitrogens with zero attached hydrogens (tertiary/aromatic N) is 1. The van der Waals surface area contributed by atoms with Gasteiger partial charge in [0.25, 0.3) is 0 Å². The van der Waals surface area contributed by atoms with Crippen LogP contribution in [0.5, 0.6) is 0 Å². The maximum Gasteiger partial charge on any atom is 0.435 e. The lowest BCUT2D eigenvalue weighted by atomic mass is 10.3. The van der Waals surface area contributed by atoms with Gasteiger partial charge >= 0.3 is 12.1 Å². The molecule has 8 heteroatoms. The average molecular weight is 266 g/mol. The number of halogens is 3. The summed E-state index contributed by atoms with van der Waals surface area (Å²) in [6.07, 6.45) is -3.22. The molecule has 0 amide bonds. The molecule has 0 spiro atoms. The van der Waals surface area contributed by atoms with Crippen molar-refractivity contribution in [2.24, 2.45) is 0 Å². The average Bonchev–Trinajstić information content (AvgIpc) is 2.69. The zero-order valence-electron chi connectivity index (χ0n) is 8.80. The molecule has 1 aromatic heterocycles. The fraction of sp³-hybridized carbons (Fsp3) is 0.333. The second-order valence-corrected chi connectivity index (χ2v) is 3.85. The van der Waals surface area contributed by atoms with Gasteiger partial charge in [-0.3, -0.25) is 0 Å². The number of methoxy groups -OCH3 is 1. The number of alkyl halides is 3. The Kier molecular flexibility index (Phi) is 4.11. The summed E-state index contributed by atoms with van der Waals surface area (Å²) in [5.41, 5.74) is -1.24. The number of rotatable bonds is 4. The summed E-state index contributed by atoms with van der Waals surface area (Å²) >= 11 is 0.594. The van der Waals surface area contributed by atoms with Crippen LogP contribution in [0.15, 0.2) is 12.7 Å². The predicted molar refractivity (Wildman–Crippen MR) is 57.1 cm³/mol. The Bertz CT molecular complexity index is 428. The van der Waals surface area contributed by atoms with Gasteiger partial charge in [0, 0.05) is 6.54 Å². The maximum atomic E-state index is 12.6. The minimum atomic E-state index is -4.69. The van der Waals surface area contributed by atoms with Gasteiger partial charge in [-0.2, -0.15) is 13.2 Å². The van der Waals surface area contributed by atoms with Crippen molar-refractivity contribution in [1.82, 2.24) is 4.98 Å². The Hall–Kier alpha value is -1.57. The third-order valence-corrected chi connectivity index (χ3v) is 2.66. The molecule has 0 bridgehead atoms. The van der Waals surface area contributed by atoms with Gasteiger partial charge in [0.2, 0.25) is 0 Å². The maximum absolute atomic E-state index is 12.6. The van der Waals surface area contributed by atoms with Gasteiger partial charge in [0.15, 0.2) is 10.8 Å². The number of nitrogens with one attached hydrogen (secondary N) is 1. The summed E-state index contributed by atoms with van der Waals surface area (Å²) < 4.78 is 42.0. The van der Waals surface area contributed by atoms with Crippen molar-refractivity contribution in [3.8, 4) is 0 Å². The van der Waals surface area contributed by atoms with E-state index in [-0.39, 0.29) is 11.7 Å². The summed E-state index contributed by atoms with van der Waals surface area (Å²) in [7, 11) is 1.01. The number of aromatic nitrogens is 1. The molecule has 0 aromatic carbocycles. The molecule has 0 aliphatic heterocycles. The third kappa shape index (κ3) is 3.19. The highest BCUT2D eigenvalue weighted by molar-refractivity contribution is 7.17. The fourth-order valence-corrected chi connectivity index (χ4v) is 1.89. The molecule has 0 atom stereocenters. The Morgan fingerprint density at radius 1 is 1.65 bits per heavy atom. The van der Waals surface area contributed by atoms with Crippen molar-refractivity contribution in [2.45, 2.75) is 6.18 Å². The van der Waals surface area contributed by atoms with Crippen molar-refractivity contribution >= 4 is 22.4 Å². The van der Waals surface area contributed by atoms with Crippen LogP contribution in [-0.4, -0.2) is 24.6 Å². The second kappa shape index (κ2) is 5.17. The molecule has 0 aliphatic carbocycles. The minimum Gasteiger partial charge on any atom is -0.465 e. The Labute approximate surface area is 99.1 Å². The van der Waals surface area contributed by atoms with Crippen molar-refractivity contribution in [1.29, 1.82) is 0 Å². The van der Waals surface area contributed by atoms with Crippen LogP contribution in [0.3, 0.4) is 0 Å². The number of carbonyl (C=O) groups excluding carboxylic acids is 1. The van der Waals surface area contributed by atoms with Crippen molar-refractivity contribution in [3.63, 3.8) is 0 Å². The van der Waals surface area contributed by atoms with Crippen LogP contribution in [0.25, 0.3) is 0 Å². The molecule has 0 fully saturated rings. The molecule has 94 valence electrons. The van der Waals surface area contributed by atoms with Crippen molar-refractivity contribution in [3.05, 3.63) is 23.2 Å². The summed E-state index contributed by atoms with van der Waals surface area (Å²) in [4.78, 5) is 13.9. The molecule has 0 saturated carbocycles. The van der Waals surface area contributed by atoms with E-state index in [2.05, 4.69) is 21.6 Å². The fourth-order valence-electron chi connectivity index (χ4n) is 0.978. The Morgan fingerprint density at radius 3 is 2.76 bits per heavy atom. The van der Waals surface area contributed by atoms with Crippen LogP contribution in [0.2, 0.25) is 0 Å². The second-order valence-electron chi connectivity index (χ2n) is 2.86. The minimum absolute atomic E-state index is 0.00220. The summed E-state index contributed by atoms with van der Waals surface area (Å²) in [6.45, 7) is 3.66. The third-order valence-electron chi connectivity index (χ3n) is 1.66. The first kappa shape index (κ1) is 13.5. The van der Waals surface area contributed by atoms with Crippen LogP contribution in [0, 0.1) is 0 Å². The number of anilines is 1. The monoisotopic (exact) mass is 266 g/mol. The Morgan fingerprint density at radius 2 is 2.29 bits per heavy atom. The SMILES string of the molecule is C=CCNc1nc(C(F)(F)F)c(C(=O)OC)s1. The topological polar surface area (TPSA) is 51.2 Å². The molecule has 1 heterocycles. The van der Waals surface area contributed by atoms with E-state index in [0.717, 1.165) is 7.11 Å². The first-order valence-corrected chi connectivity index (χ1v) is 5.23. The molecular weight excluding hydrogens is 257 g/mol. The highest BCUT2D eigenvalue weighted by Crippen LogP contribution is 2.36. The number of ether oxygens (including phenoxy) is 1. The zero-order valence-corrected chi connectivity index (χ0v) is 9.61. The lowest BCUT2D eigenvalue weighted by molar-refractivity contribution is -0.141. The summed E-state index contributed by atoms with van der Waals surface area (Å²) in [5, 5.41) is 2.59. The molecule has 4 nitrogen and oxygen atoms in total. The lowest BCUT2D eigenvalue weighted by Gasteiger charge is -2.03. The number of hydrogen-bond donors (Lipinski definition) is 1. The van der Waals surface area contributed by atoms with Crippen LogP contribution in [-0.2, 0) is 10.9 Å². The van der Waals surface area contributed by atoms with Gasteiger partial charge in [-0.15, -0.1) is 6.58 Å². The van der Waals surface area contributed by atoms with E-state index in [1.807, 2.05) is 0 Å². The Balaban J connectivity index is 3.12. The highest BCUT2D eigenvalue weighted by atomic mass is 32.1. The first-order valence-electron chi connectivity index (χ1n) is 4.41. The molecule has 0 radical (unpaired) electrons. The van der Waals surface area contributed by atoms with Gasteiger partial charge < -0.3 is 10.1 Å². The van der Waals surface area contributed by atoms with Gasteiger partial charge in [0.1, 0.15) is 4.88 Å². The molecule has 0 aliphatic rings. The smallest absolute Gasteiger partial charge is 0.435 e. The van der Waals surface area contributed by atoms with Gasteiger partial charge in [-0.05, 0) is 0 Å². The van der Waals surface area contributed by atoms with Crippen LogP contribution >= 0.6 is 11.3 Å². The normalized spacial score (nSPS) is 11.1. The van der Waals surface area contributed by atoms with E-state index in [0.29, 0.717) is 11.3 Å². The van der Waals surface area contributed by atoms with Crippen LogP contribution in [0.1, 0.15) is 15.4 Å². The molecule has 0 saturated heterocycles. The van der Waals surface area contributed by atoms with Gasteiger partial charge in [-0.1, -0.05) is 17.4 Å². The van der Waals surface area contributed by atoms with E-state index in [4.69, 9.17) is 0 Å². The summed E-state index contributed by atoms with van der Waals surface area (Å²) in [6, 6.07) is 0. The van der Waals surface area contributed by atoms with E-state index >= 15 is 0 Å². The number of hydrogen-bond acceptors (Lipinski definition) is 5. The standard InChI is InChI=1S/C9H9F3N2O2S/c1-3-4-13-8-14-6(9(10,11)12)5(17-8)7(15)16-2/h3H,1,4H2,2H3,(H,13,14). The molecular formula is C9H9F3N2O2S. The largest absolute Gasteiger partial charge is 0.465 e. The zero-order chi connectivity index (χ0) is 13.1. The predicted octanol–water partition coefficient (Wildman–Crippen LogP) is 2.55. The van der Waals surface area contributed by atoms with Crippen LogP contribution in [0.4, 0.5) is 18.3 Å². The van der Waals surface area contributed by atoms with Crippen molar-refractivity contribution < 1.29 is 22.7 Å². The molecule has 1 N–H and O–H groups in total. The van der Waals surface area contributed by atoms with E-state index in [1.165, 1.54) is 6.08 Å². The molecule has 1 aromatic rings. The van der Waals surface area contributed by atoms with E-state index in [1.54, 1.807) is 0 Å². The van der Waals surface area contributed by atoms with E-state index in [9.17, 15) is 18.0 Å². The van der Waals surface area contributed by atoms with Crippen molar-refractivity contribution in [2.75, 3.05) is 19.0 Å². The van der Waals surface area contributed by atoms with Crippen LogP contribution < -0.4 is 5.32 Å². The van der Waals surface area contributed by atoms with E-state index < -0.39 is 22.7 Å². The van der Waals surface area contributed by atoms with Gasteiger partial charge in [-0.25, -0.2) is 9.78 Å². The first-order chi connectivity index (χ1) is 7.90. The summed E-state index contributed by atoms with van der Waals surface area (Å²) in [5.74, 6) is -1.05.